The topological polar surface area (TPSA) is 79.3 Å². The molecule has 1 aromatic heterocycles. The van der Waals surface area contributed by atoms with E-state index in [4.69, 9.17) is 5.11 Å². The Morgan fingerprint density at radius 2 is 1.68 bits per heavy atom. The maximum Gasteiger partial charge on any atom is 0.307 e. The number of carboxylic acid groups (broad SMARTS) is 1. The van der Waals surface area contributed by atoms with Crippen molar-refractivity contribution < 1.29 is 14.7 Å². The zero-order chi connectivity index (χ0) is 17.6. The Morgan fingerprint density at radius 1 is 0.920 bits per heavy atom. The average molecular weight is 332 g/mol. The number of hydrogen-bond donors (Lipinski definition) is 2. The van der Waals surface area contributed by atoms with E-state index in [1.807, 2.05) is 36.4 Å². The molecular weight excluding hydrogens is 316 g/mol. The molecule has 0 atom stereocenters. The van der Waals surface area contributed by atoms with Gasteiger partial charge in [0.1, 0.15) is 5.69 Å². The zero-order valence-electron chi connectivity index (χ0n) is 13.3. The van der Waals surface area contributed by atoms with Crippen LogP contribution in [0, 0.1) is 0 Å². The molecule has 0 unspecified atom stereocenters. The van der Waals surface area contributed by atoms with E-state index in [0.717, 1.165) is 5.56 Å². The standard InChI is InChI=1S/C20H16N2O3/c23-19(24)13-14-6-4-9-16(12-14)21-20(25)18-11-5-10-17(22-18)15-7-2-1-3-8-15/h1-12H,13H2,(H,21,25)(H,23,24). The molecule has 5 heteroatoms. The van der Waals surface area contributed by atoms with Crippen LogP contribution in [0.3, 0.4) is 0 Å². The van der Waals surface area contributed by atoms with Crippen LogP contribution < -0.4 is 5.32 Å². The van der Waals surface area contributed by atoms with Crippen molar-refractivity contribution in [3.63, 3.8) is 0 Å². The van der Waals surface area contributed by atoms with Crippen LogP contribution in [0.2, 0.25) is 0 Å². The lowest BCUT2D eigenvalue weighted by molar-refractivity contribution is -0.136. The third-order valence-electron chi connectivity index (χ3n) is 3.59. The second-order valence-electron chi connectivity index (χ2n) is 5.50. The number of carbonyl (C=O) groups is 2. The van der Waals surface area contributed by atoms with Crippen molar-refractivity contribution >= 4 is 17.6 Å². The molecule has 0 saturated heterocycles. The normalized spacial score (nSPS) is 10.2. The van der Waals surface area contributed by atoms with Crippen LogP contribution in [0.4, 0.5) is 5.69 Å². The van der Waals surface area contributed by atoms with Gasteiger partial charge in [-0.1, -0.05) is 48.5 Å². The van der Waals surface area contributed by atoms with Gasteiger partial charge in [-0.3, -0.25) is 9.59 Å². The first-order valence-corrected chi connectivity index (χ1v) is 7.76. The minimum atomic E-state index is -0.916. The average Bonchev–Trinajstić information content (AvgIpc) is 2.62. The van der Waals surface area contributed by atoms with E-state index in [9.17, 15) is 9.59 Å². The molecular formula is C20H16N2O3. The largest absolute Gasteiger partial charge is 0.481 e. The summed E-state index contributed by atoms with van der Waals surface area (Å²) in [5.41, 5.74) is 3.10. The van der Waals surface area contributed by atoms with Crippen LogP contribution in [-0.2, 0) is 11.2 Å². The van der Waals surface area contributed by atoms with E-state index < -0.39 is 5.97 Å². The third-order valence-corrected chi connectivity index (χ3v) is 3.59. The van der Waals surface area contributed by atoms with Gasteiger partial charge in [-0.05, 0) is 29.8 Å². The SMILES string of the molecule is O=C(O)Cc1cccc(NC(=O)c2cccc(-c3ccccc3)n2)c1. The molecule has 0 spiro atoms. The van der Waals surface area contributed by atoms with Gasteiger partial charge in [0.15, 0.2) is 0 Å². The summed E-state index contributed by atoms with van der Waals surface area (Å²) in [6.07, 6.45) is -0.0918. The highest BCUT2D eigenvalue weighted by Gasteiger charge is 2.10. The minimum Gasteiger partial charge on any atom is -0.481 e. The summed E-state index contributed by atoms with van der Waals surface area (Å²) < 4.78 is 0. The van der Waals surface area contributed by atoms with E-state index in [-0.39, 0.29) is 12.3 Å². The molecule has 0 bridgehead atoms. The van der Waals surface area contributed by atoms with Gasteiger partial charge in [0.05, 0.1) is 12.1 Å². The van der Waals surface area contributed by atoms with E-state index in [0.29, 0.717) is 22.6 Å². The predicted octanol–water partition coefficient (Wildman–Crippen LogP) is 3.63. The number of pyridine rings is 1. The number of hydrogen-bond acceptors (Lipinski definition) is 3. The Bertz CT molecular complexity index is 908. The maximum absolute atomic E-state index is 12.4. The summed E-state index contributed by atoms with van der Waals surface area (Å²) in [6.45, 7) is 0. The quantitative estimate of drug-likeness (QED) is 0.748. The molecule has 25 heavy (non-hydrogen) atoms. The van der Waals surface area contributed by atoms with Crippen molar-refractivity contribution in [2.45, 2.75) is 6.42 Å². The van der Waals surface area contributed by atoms with Crippen LogP contribution >= 0.6 is 0 Å². The first-order valence-electron chi connectivity index (χ1n) is 7.76. The first kappa shape index (κ1) is 16.4. The Labute approximate surface area is 145 Å². The van der Waals surface area contributed by atoms with Gasteiger partial charge >= 0.3 is 5.97 Å². The lowest BCUT2D eigenvalue weighted by Crippen LogP contribution is -2.14. The highest BCUT2D eigenvalue weighted by atomic mass is 16.4. The number of nitrogens with one attached hydrogen (secondary N) is 1. The number of aliphatic carboxylic acids is 1. The van der Waals surface area contributed by atoms with Crippen LogP contribution in [0.1, 0.15) is 16.1 Å². The van der Waals surface area contributed by atoms with Crippen molar-refractivity contribution in [2.75, 3.05) is 5.32 Å². The van der Waals surface area contributed by atoms with Gasteiger partial charge in [0.2, 0.25) is 0 Å². The number of amides is 1. The maximum atomic E-state index is 12.4. The van der Waals surface area contributed by atoms with Crippen molar-refractivity contribution in [1.82, 2.24) is 4.98 Å². The Balaban J connectivity index is 1.79. The van der Waals surface area contributed by atoms with Gasteiger partial charge in [0, 0.05) is 11.3 Å². The number of nitrogens with zero attached hydrogens (tertiary/aromatic N) is 1. The van der Waals surface area contributed by atoms with E-state index in [1.165, 1.54) is 0 Å². The fraction of sp³-hybridized carbons (Fsp3) is 0.0500. The molecule has 2 N–H and O–H groups in total. The Hall–Kier alpha value is -3.47. The van der Waals surface area contributed by atoms with Crippen LogP contribution in [0.5, 0.6) is 0 Å². The van der Waals surface area contributed by atoms with Gasteiger partial charge in [-0.25, -0.2) is 4.98 Å². The molecule has 1 amide bonds. The molecule has 124 valence electrons. The predicted molar refractivity (Wildman–Crippen MR) is 95.4 cm³/mol. The summed E-state index contributed by atoms with van der Waals surface area (Å²) in [6, 6.07) is 21.7. The van der Waals surface area contributed by atoms with Gasteiger partial charge < -0.3 is 10.4 Å². The second kappa shape index (κ2) is 7.40. The molecule has 0 aliphatic carbocycles. The smallest absolute Gasteiger partial charge is 0.307 e. The van der Waals surface area contributed by atoms with E-state index in [2.05, 4.69) is 10.3 Å². The van der Waals surface area contributed by atoms with Crippen LogP contribution in [0.15, 0.2) is 72.8 Å². The molecule has 3 aromatic rings. The molecule has 0 aliphatic rings. The van der Waals surface area contributed by atoms with Crippen LogP contribution in [0.25, 0.3) is 11.3 Å². The Morgan fingerprint density at radius 3 is 2.44 bits per heavy atom. The van der Waals surface area contributed by atoms with Crippen molar-refractivity contribution in [1.29, 1.82) is 0 Å². The fourth-order valence-corrected chi connectivity index (χ4v) is 2.46. The van der Waals surface area contributed by atoms with Crippen molar-refractivity contribution in [2.24, 2.45) is 0 Å². The molecule has 5 nitrogen and oxygen atoms in total. The van der Waals surface area contributed by atoms with Gasteiger partial charge in [-0.15, -0.1) is 0 Å². The number of aromatic nitrogens is 1. The molecule has 3 rings (SSSR count). The summed E-state index contributed by atoms with van der Waals surface area (Å²) >= 11 is 0. The highest BCUT2D eigenvalue weighted by molar-refractivity contribution is 6.03. The summed E-state index contributed by atoms with van der Waals surface area (Å²) in [4.78, 5) is 27.6. The molecule has 0 aliphatic heterocycles. The molecule has 0 fully saturated rings. The molecule has 0 saturated carbocycles. The van der Waals surface area contributed by atoms with E-state index in [1.54, 1.807) is 36.4 Å². The first-order chi connectivity index (χ1) is 12.1. The number of carbonyl (C=O) groups excluding carboxylic acids is 1. The Kier molecular flexibility index (Phi) is 4.85. The van der Waals surface area contributed by atoms with E-state index >= 15 is 0 Å². The fourth-order valence-electron chi connectivity index (χ4n) is 2.46. The number of rotatable bonds is 5. The van der Waals surface area contributed by atoms with Crippen molar-refractivity contribution in [3.8, 4) is 11.3 Å². The summed E-state index contributed by atoms with van der Waals surface area (Å²) in [5, 5.41) is 11.6. The van der Waals surface area contributed by atoms with Gasteiger partial charge in [0.25, 0.3) is 5.91 Å². The number of carboxylic acids is 1. The highest BCUT2D eigenvalue weighted by Crippen LogP contribution is 2.17. The number of benzene rings is 2. The lowest BCUT2D eigenvalue weighted by Gasteiger charge is -2.08. The zero-order valence-corrected chi connectivity index (χ0v) is 13.3. The third kappa shape index (κ3) is 4.29. The monoisotopic (exact) mass is 332 g/mol. The van der Waals surface area contributed by atoms with Gasteiger partial charge in [-0.2, -0.15) is 0 Å². The van der Waals surface area contributed by atoms with Crippen molar-refractivity contribution in [3.05, 3.63) is 84.1 Å². The minimum absolute atomic E-state index is 0.0918. The second-order valence-corrected chi connectivity index (χ2v) is 5.50. The summed E-state index contributed by atoms with van der Waals surface area (Å²) in [5.74, 6) is -1.26. The molecule has 0 radical (unpaired) electrons. The van der Waals surface area contributed by atoms with Crippen LogP contribution in [-0.4, -0.2) is 22.0 Å². The molecule has 2 aromatic carbocycles. The number of anilines is 1. The lowest BCUT2D eigenvalue weighted by atomic mass is 10.1. The summed E-state index contributed by atoms with van der Waals surface area (Å²) in [7, 11) is 0. The molecule has 1 heterocycles.